The van der Waals surface area contributed by atoms with E-state index in [1.165, 1.54) is 28.2 Å². The van der Waals surface area contributed by atoms with E-state index in [0.717, 1.165) is 24.0 Å². The van der Waals surface area contributed by atoms with Crippen molar-refractivity contribution in [3.63, 3.8) is 0 Å². The molecule has 0 aromatic heterocycles. The van der Waals surface area contributed by atoms with E-state index in [1.54, 1.807) is 6.07 Å². The highest BCUT2D eigenvalue weighted by atomic mass is 32.2. The zero-order valence-corrected chi connectivity index (χ0v) is 16.1. The lowest BCUT2D eigenvalue weighted by Crippen LogP contribution is -2.27. The Hall–Kier alpha value is -1.90. The molecule has 2 aromatic carbocycles. The molecule has 1 fully saturated rings. The molecule has 0 bridgehead atoms. The van der Waals surface area contributed by atoms with Crippen LogP contribution in [0.5, 0.6) is 0 Å². The highest BCUT2D eigenvalue weighted by Crippen LogP contribution is 2.35. The second kappa shape index (κ2) is 7.77. The van der Waals surface area contributed by atoms with Crippen LogP contribution in [0.3, 0.4) is 0 Å². The highest BCUT2D eigenvalue weighted by Gasteiger charge is 2.29. The molecule has 0 radical (unpaired) electrons. The number of aryl methyl sites for hydroxylation is 1. The van der Waals surface area contributed by atoms with E-state index in [0.29, 0.717) is 23.7 Å². The molecule has 1 saturated heterocycles. The number of nitro benzene ring substituents is 1. The van der Waals surface area contributed by atoms with Gasteiger partial charge in [0.05, 0.1) is 14.7 Å². The summed E-state index contributed by atoms with van der Waals surface area (Å²) in [5, 5.41) is 11.5. The Morgan fingerprint density at radius 2 is 1.85 bits per heavy atom. The van der Waals surface area contributed by atoms with Crippen molar-refractivity contribution in [2.75, 3.05) is 13.1 Å². The van der Waals surface area contributed by atoms with E-state index in [9.17, 15) is 18.5 Å². The average molecular weight is 393 g/mol. The Morgan fingerprint density at radius 1 is 1.15 bits per heavy atom. The van der Waals surface area contributed by atoms with Crippen molar-refractivity contribution in [2.24, 2.45) is 0 Å². The van der Waals surface area contributed by atoms with Crippen molar-refractivity contribution in [1.29, 1.82) is 0 Å². The van der Waals surface area contributed by atoms with E-state index in [4.69, 9.17) is 0 Å². The maximum Gasteiger partial charge on any atom is 0.284 e. The van der Waals surface area contributed by atoms with E-state index >= 15 is 0 Å². The normalized spacial score (nSPS) is 15.3. The van der Waals surface area contributed by atoms with Gasteiger partial charge in [0, 0.05) is 24.9 Å². The van der Waals surface area contributed by atoms with Crippen LogP contribution >= 0.6 is 11.8 Å². The average Bonchev–Trinajstić information content (AvgIpc) is 3.16. The van der Waals surface area contributed by atoms with Gasteiger partial charge in [-0.25, -0.2) is 8.42 Å². The van der Waals surface area contributed by atoms with Gasteiger partial charge in [0.1, 0.15) is 0 Å². The number of hydrogen-bond acceptors (Lipinski definition) is 5. The Balaban J connectivity index is 1.88. The Morgan fingerprint density at radius 3 is 2.50 bits per heavy atom. The van der Waals surface area contributed by atoms with Gasteiger partial charge < -0.3 is 0 Å². The smallest absolute Gasteiger partial charge is 0.258 e. The number of benzene rings is 2. The third kappa shape index (κ3) is 3.92. The molecule has 1 heterocycles. The maximum atomic E-state index is 12.6. The lowest BCUT2D eigenvalue weighted by atomic mass is 10.1. The van der Waals surface area contributed by atoms with Crippen LogP contribution in [-0.2, 0) is 15.8 Å². The molecule has 0 unspecified atom stereocenters. The molecule has 6 nitrogen and oxygen atoms in total. The van der Waals surface area contributed by atoms with Gasteiger partial charge in [0.25, 0.3) is 5.69 Å². The van der Waals surface area contributed by atoms with Gasteiger partial charge in [0.15, 0.2) is 0 Å². The van der Waals surface area contributed by atoms with Crippen LogP contribution in [0.25, 0.3) is 0 Å². The molecule has 0 saturated carbocycles. The van der Waals surface area contributed by atoms with Crippen molar-refractivity contribution in [3.05, 3.63) is 63.7 Å². The van der Waals surface area contributed by atoms with Gasteiger partial charge in [-0.05, 0) is 43.0 Å². The van der Waals surface area contributed by atoms with E-state index in [2.05, 4.69) is 0 Å². The highest BCUT2D eigenvalue weighted by molar-refractivity contribution is 7.98. The largest absolute Gasteiger partial charge is 0.284 e. The molecule has 3 rings (SSSR count). The van der Waals surface area contributed by atoms with E-state index in [1.807, 2.05) is 31.2 Å². The summed E-state index contributed by atoms with van der Waals surface area (Å²) in [6.07, 6.45) is 1.65. The Labute approximate surface area is 157 Å². The topological polar surface area (TPSA) is 80.5 Å². The molecular formula is C18H20N2O4S2. The summed E-state index contributed by atoms with van der Waals surface area (Å²) >= 11 is 1.34. The fraction of sp³-hybridized carbons (Fsp3) is 0.333. The number of nitro groups is 1. The van der Waals surface area contributed by atoms with Gasteiger partial charge in [-0.3, -0.25) is 10.1 Å². The summed E-state index contributed by atoms with van der Waals surface area (Å²) in [6.45, 7) is 2.94. The zero-order chi connectivity index (χ0) is 18.7. The molecule has 0 amide bonds. The minimum Gasteiger partial charge on any atom is -0.258 e. The minimum atomic E-state index is -3.67. The molecule has 138 valence electrons. The molecule has 0 spiro atoms. The molecule has 26 heavy (non-hydrogen) atoms. The summed E-state index contributed by atoms with van der Waals surface area (Å²) < 4.78 is 26.7. The third-order valence-electron chi connectivity index (χ3n) is 4.47. The van der Waals surface area contributed by atoms with Gasteiger partial charge in [-0.1, -0.05) is 24.3 Å². The minimum absolute atomic E-state index is 0.00802. The van der Waals surface area contributed by atoms with Crippen LogP contribution in [0, 0.1) is 17.0 Å². The van der Waals surface area contributed by atoms with E-state index in [-0.39, 0.29) is 10.6 Å². The van der Waals surface area contributed by atoms with E-state index < -0.39 is 14.9 Å². The first-order chi connectivity index (χ1) is 12.4. The monoisotopic (exact) mass is 392 g/mol. The Kier molecular flexibility index (Phi) is 5.64. The van der Waals surface area contributed by atoms with Gasteiger partial charge >= 0.3 is 0 Å². The molecule has 0 N–H and O–H groups in total. The fourth-order valence-electron chi connectivity index (χ4n) is 2.93. The summed E-state index contributed by atoms with van der Waals surface area (Å²) in [6, 6.07) is 12.1. The quantitative estimate of drug-likeness (QED) is 0.422. The van der Waals surface area contributed by atoms with Crippen molar-refractivity contribution >= 4 is 27.5 Å². The number of nitrogens with zero attached hydrogens (tertiary/aromatic N) is 2. The Bertz CT molecular complexity index is 923. The van der Waals surface area contributed by atoms with Gasteiger partial charge in [-0.2, -0.15) is 4.31 Å². The predicted molar refractivity (Wildman–Crippen MR) is 102 cm³/mol. The number of hydrogen-bond donors (Lipinski definition) is 0. The number of rotatable bonds is 6. The summed E-state index contributed by atoms with van der Waals surface area (Å²) in [4.78, 5) is 11.4. The molecule has 1 aliphatic rings. The van der Waals surface area contributed by atoms with Gasteiger partial charge in [0.2, 0.25) is 10.0 Å². The van der Waals surface area contributed by atoms with Crippen molar-refractivity contribution in [2.45, 2.75) is 35.3 Å². The molecule has 0 atom stereocenters. The standard InChI is InChI=1S/C18H20N2O4S2/c1-14-6-2-3-7-15(14)13-25-18-9-8-16(12-17(18)20(21)22)26(23,24)19-10-4-5-11-19/h2-3,6-9,12H,4-5,10-11,13H2,1H3. The first kappa shape index (κ1) is 18.9. The second-order valence-electron chi connectivity index (χ2n) is 6.21. The number of sulfonamides is 1. The van der Waals surface area contributed by atoms with Crippen molar-refractivity contribution < 1.29 is 13.3 Å². The first-order valence-corrected chi connectivity index (χ1v) is 10.8. The maximum absolute atomic E-state index is 12.6. The van der Waals surface area contributed by atoms with Gasteiger partial charge in [-0.15, -0.1) is 11.8 Å². The molecule has 1 aliphatic heterocycles. The lowest BCUT2D eigenvalue weighted by Gasteiger charge is -2.15. The van der Waals surface area contributed by atoms with Crippen molar-refractivity contribution in [1.82, 2.24) is 4.31 Å². The molecule has 2 aromatic rings. The zero-order valence-electron chi connectivity index (χ0n) is 14.4. The van der Waals surface area contributed by atoms with Crippen LogP contribution in [-0.4, -0.2) is 30.7 Å². The molecule has 0 aliphatic carbocycles. The fourth-order valence-corrected chi connectivity index (χ4v) is 5.55. The predicted octanol–water partition coefficient (Wildman–Crippen LogP) is 3.98. The SMILES string of the molecule is Cc1ccccc1CSc1ccc(S(=O)(=O)N2CCCC2)cc1[N+](=O)[O-]. The van der Waals surface area contributed by atoms with Crippen LogP contribution in [0.4, 0.5) is 5.69 Å². The van der Waals surface area contributed by atoms with Crippen LogP contribution in [0.1, 0.15) is 24.0 Å². The summed E-state index contributed by atoms with van der Waals surface area (Å²) in [5.41, 5.74) is 2.06. The second-order valence-corrected chi connectivity index (χ2v) is 9.17. The summed E-state index contributed by atoms with van der Waals surface area (Å²) in [5.74, 6) is 0.589. The summed E-state index contributed by atoms with van der Waals surface area (Å²) in [7, 11) is -3.67. The molecule has 8 heteroatoms. The van der Waals surface area contributed by atoms with Crippen LogP contribution in [0.15, 0.2) is 52.3 Å². The number of thioether (sulfide) groups is 1. The van der Waals surface area contributed by atoms with Crippen LogP contribution < -0.4 is 0 Å². The van der Waals surface area contributed by atoms with Crippen molar-refractivity contribution in [3.8, 4) is 0 Å². The first-order valence-electron chi connectivity index (χ1n) is 8.35. The molecular weight excluding hydrogens is 372 g/mol. The third-order valence-corrected chi connectivity index (χ3v) is 7.48. The van der Waals surface area contributed by atoms with Crippen LogP contribution in [0.2, 0.25) is 0 Å². The lowest BCUT2D eigenvalue weighted by molar-refractivity contribution is -0.388.